The molecule has 0 bridgehead atoms. The standard InChI is InChI=1S/C16H32N4O/c1-8-17-13(2)11-16(3,4)15-14(21-7)12-18-20(15)10-9-19(5)6/h12-13,17H,8-11H2,1-7H3. The molecule has 1 aromatic rings. The topological polar surface area (TPSA) is 42.3 Å². The summed E-state index contributed by atoms with van der Waals surface area (Å²) >= 11 is 0. The van der Waals surface area contributed by atoms with Crippen molar-refractivity contribution >= 4 is 0 Å². The molecule has 122 valence electrons. The number of nitrogens with one attached hydrogen (secondary N) is 1. The van der Waals surface area contributed by atoms with Gasteiger partial charge in [0, 0.05) is 18.0 Å². The van der Waals surface area contributed by atoms with Gasteiger partial charge < -0.3 is 15.0 Å². The summed E-state index contributed by atoms with van der Waals surface area (Å²) in [7, 11) is 5.89. The number of aromatic nitrogens is 2. The molecule has 1 atom stereocenters. The molecule has 1 N–H and O–H groups in total. The Labute approximate surface area is 129 Å². The van der Waals surface area contributed by atoms with Crippen LogP contribution in [0, 0.1) is 0 Å². The van der Waals surface area contributed by atoms with Crippen molar-refractivity contribution in [2.75, 3.05) is 34.3 Å². The van der Waals surface area contributed by atoms with E-state index in [1.54, 1.807) is 7.11 Å². The molecule has 0 amide bonds. The zero-order valence-electron chi connectivity index (χ0n) is 14.7. The number of rotatable bonds is 9. The average Bonchev–Trinajstić information content (AvgIpc) is 2.79. The van der Waals surface area contributed by atoms with Crippen LogP contribution in [-0.4, -0.2) is 55.0 Å². The van der Waals surface area contributed by atoms with Crippen LogP contribution in [0.4, 0.5) is 0 Å². The lowest BCUT2D eigenvalue weighted by molar-refractivity contribution is 0.323. The number of likely N-dealkylation sites (N-methyl/N-ethyl adjacent to an activating group) is 1. The lowest BCUT2D eigenvalue weighted by Crippen LogP contribution is -2.35. The Hall–Kier alpha value is -1.07. The van der Waals surface area contributed by atoms with Gasteiger partial charge in [-0.1, -0.05) is 20.8 Å². The van der Waals surface area contributed by atoms with Crippen LogP contribution in [-0.2, 0) is 12.0 Å². The molecule has 1 unspecified atom stereocenters. The van der Waals surface area contributed by atoms with Crippen molar-refractivity contribution < 1.29 is 4.74 Å². The lowest BCUT2D eigenvalue weighted by atomic mass is 9.82. The van der Waals surface area contributed by atoms with Gasteiger partial charge in [-0.15, -0.1) is 0 Å². The van der Waals surface area contributed by atoms with Crippen LogP contribution in [0.5, 0.6) is 5.75 Å². The van der Waals surface area contributed by atoms with Crippen LogP contribution in [0.15, 0.2) is 6.20 Å². The summed E-state index contributed by atoms with van der Waals surface area (Å²) in [6, 6.07) is 0.465. The van der Waals surface area contributed by atoms with E-state index in [2.05, 4.69) is 61.8 Å². The number of hydrogen-bond donors (Lipinski definition) is 1. The summed E-state index contributed by atoms with van der Waals surface area (Å²) in [4.78, 5) is 2.17. The molecule has 0 fully saturated rings. The molecular weight excluding hydrogens is 264 g/mol. The number of nitrogens with zero attached hydrogens (tertiary/aromatic N) is 3. The van der Waals surface area contributed by atoms with Crippen LogP contribution in [0.2, 0.25) is 0 Å². The fourth-order valence-electron chi connectivity index (χ4n) is 2.95. The molecule has 0 aliphatic rings. The minimum atomic E-state index is 0.00967. The van der Waals surface area contributed by atoms with Gasteiger partial charge >= 0.3 is 0 Å². The van der Waals surface area contributed by atoms with Gasteiger partial charge in [-0.05, 0) is 34.0 Å². The van der Waals surface area contributed by atoms with E-state index in [0.29, 0.717) is 6.04 Å². The van der Waals surface area contributed by atoms with Gasteiger partial charge in [-0.2, -0.15) is 5.10 Å². The summed E-state index contributed by atoms with van der Waals surface area (Å²) in [5.41, 5.74) is 1.20. The van der Waals surface area contributed by atoms with E-state index in [1.165, 1.54) is 5.69 Å². The molecule has 0 saturated carbocycles. The van der Waals surface area contributed by atoms with Gasteiger partial charge in [0.1, 0.15) is 0 Å². The van der Waals surface area contributed by atoms with Gasteiger partial charge in [0.05, 0.1) is 25.5 Å². The molecule has 0 aromatic carbocycles. The number of ether oxygens (including phenoxy) is 1. The SMILES string of the molecule is CCNC(C)CC(C)(C)c1c(OC)cnn1CCN(C)C. The molecule has 21 heavy (non-hydrogen) atoms. The average molecular weight is 296 g/mol. The zero-order chi connectivity index (χ0) is 16.0. The van der Waals surface area contributed by atoms with Crippen LogP contribution in [0.25, 0.3) is 0 Å². The molecule has 0 spiro atoms. The fourth-order valence-corrected chi connectivity index (χ4v) is 2.95. The van der Waals surface area contributed by atoms with Gasteiger partial charge in [-0.25, -0.2) is 0 Å². The highest BCUT2D eigenvalue weighted by Gasteiger charge is 2.30. The monoisotopic (exact) mass is 296 g/mol. The van der Waals surface area contributed by atoms with Crippen LogP contribution < -0.4 is 10.1 Å². The summed E-state index contributed by atoms with van der Waals surface area (Å²) in [5, 5.41) is 8.02. The van der Waals surface area contributed by atoms with E-state index < -0.39 is 0 Å². The van der Waals surface area contributed by atoms with Crippen molar-refractivity contribution in [1.82, 2.24) is 20.0 Å². The number of methoxy groups -OCH3 is 1. The van der Waals surface area contributed by atoms with Crippen molar-refractivity contribution in [3.63, 3.8) is 0 Å². The van der Waals surface area contributed by atoms with E-state index in [-0.39, 0.29) is 5.41 Å². The molecule has 0 saturated heterocycles. The third kappa shape index (κ3) is 5.00. The van der Waals surface area contributed by atoms with E-state index in [9.17, 15) is 0 Å². The Morgan fingerprint density at radius 2 is 2.10 bits per heavy atom. The largest absolute Gasteiger partial charge is 0.493 e. The maximum atomic E-state index is 5.54. The smallest absolute Gasteiger partial charge is 0.160 e. The highest BCUT2D eigenvalue weighted by Crippen LogP contribution is 2.35. The second-order valence-corrected chi connectivity index (χ2v) is 6.63. The quantitative estimate of drug-likeness (QED) is 0.758. The molecule has 1 aromatic heterocycles. The summed E-state index contributed by atoms with van der Waals surface area (Å²) in [5.74, 6) is 0.891. The Kier molecular flexibility index (Phi) is 6.68. The normalized spacial score (nSPS) is 13.7. The van der Waals surface area contributed by atoms with Crippen molar-refractivity contribution in [3.05, 3.63) is 11.9 Å². The predicted octanol–water partition coefficient (Wildman–Crippen LogP) is 2.12. The molecule has 0 aliphatic carbocycles. The molecule has 5 heteroatoms. The highest BCUT2D eigenvalue weighted by atomic mass is 16.5. The van der Waals surface area contributed by atoms with E-state index in [4.69, 9.17) is 4.74 Å². The minimum absolute atomic E-state index is 0.00967. The third-order valence-corrected chi connectivity index (χ3v) is 3.79. The van der Waals surface area contributed by atoms with Gasteiger partial charge in [-0.3, -0.25) is 4.68 Å². The molecule has 5 nitrogen and oxygen atoms in total. The highest BCUT2D eigenvalue weighted by molar-refractivity contribution is 5.32. The second-order valence-electron chi connectivity index (χ2n) is 6.63. The van der Waals surface area contributed by atoms with Gasteiger partial charge in [0.15, 0.2) is 5.75 Å². The Morgan fingerprint density at radius 1 is 1.43 bits per heavy atom. The Balaban J connectivity index is 2.98. The molecule has 0 radical (unpaired) electrons. The minimum Gasteiger partial charge on any atom is -0.493 e. The Bertz CT molecular complexity index is 426. The first-order valence-electron chi connectivity index (χ1n) is 7.80. The van der Waals surface area contributed by atoms with E-state index >= 15 is 0 Å². The first-order valence-corrected chi connectivity index (χ1v) is 7.80. The van der Waals surface area contributed by atoms with Gasteiger partial charge in [0.25, 0.3) is 0 Å². The van der Waals surface area contributed by atoms with E-state index in [0.717, 1.165) is 31.8 Å². The van der Waals surface area contributed by atoms with Gasteiger partial charge in [0.2, 0.25) is 0 Å². The molecular formula is C16H32N4O. The zero-order valence-corrected chi connectivity index (χ0v) is 14.7. The maximum absolute atomic E-state index is 5.54. The molecule has 1 rings (SSSR count). The first-order chi connectivity index (χ1) is 9.81. The summed E-state index contributed by atoms with van der Waals surface area (Å²) in [6.45, 7) is 11.8. The first kappa shape index (κ1) is 18.0. The summed E-state index contributed by atoms with van der Waals surface area (Å²) in [6.07, 6.45) is 2.88. The van der Waals surface area contributed by atoms with Crippen molar-refractivity contribution in [1.29, 1.82) is 0 Å². The van der Waals surface area contributed by atoms with Crippen molar-refractivity contribution in [2.45, 2.75) is 52.1 Å². The predicted molar refractivity (Wildman–Crippen MR) is 88.1 cm³/mol. The Morgan fingerprint density at radius 3 is 2.62 bits per heavy atom. The van der Waals surface area contributed by atoms with Crippen LogP contribution in [0.3, 0.4) is 0 Å². The molecule has 0 aliphatic heterocycles. The van der Waals surface area contributed by atoms with Crippen LogP contribution in [0.1, 0.15) is 39.8 Å². The maximum Gasteiger partial charge on any atom is 0.160 e. The third-order valence-electron chi connectivity index (χ3n) is 3.79. The number of hydrogen-bond acceptors (Lipinski definition) is 4. The fraction of sp³-hybridized carbons (Fsp3) is 0.812. The van der Waals surface area contributed by atoms with E-state index in [1.807, 2.05) is 6.20 Å². The van der Waals surface area contributed by atoms with Crippen LogP contribution >= 0.6 is 0 Å². The van der Waals surface area contributed by atoms with Crippen molar-refractivity contribution in [3.8, 4) is 5.75 Å². The van der Waals surface area contributed by atoms with Crippen molar-refractivity contribution in [2.24, 2.45) is 0 Å². The second kappa shape index (κ2) is 7.80. The molecule has 1 heterocycles. The summed E-state index contributed by atoms with van der Waals surface area (Å²) < 4.78 is 7.64. The lowest BCUT2D eigenvalue weighted by Gasteiger charge is -2.30.